The predicted molar refractivity (Wildman–Crippen MR) is 97.4 cm³/mol. The Morgan fingerprint density at radius 1 is 1.22 bits per heavy atom. The second kappa shape index (κ2) is 7.24. The standard InChI is InChI=1S/C18H19FN2O5S/c1-11-7-8-21(13-5-3-12(19)4-6-13)18(23)16(11)17(22)20-14-9-27(24,25)10-15(14)26-2/h3-8,14-15H,9-10H2,1-2H3,(H,20,22)/t14-,15-/m1/s1. The highest BCUT2D eigenvalue weighted by atomic mass is 32.2. The molecule has 0 spiro atoms. The van der Waals surface area contributed by atoms with E-state index >= 15 is 0 Å². The summed E-state index contributed by atoms with van der Waals surface area (Å²) in [7, 11) is -1.94. The van der Waals surface area contributed by atoms with Gasteiger partial charge in [0.2, 0.25) is 0 Å². The Morgan fingerprint density at radius 2 is 1.89 bits per heavy atom. The van der Waals surface area contributed by atoms with Crippen molar-refractivity contribution in [3.63, 3.8) is 0 Å². The third kappa shape index (κ3) is 3.93. The van der Waals surface area contributed by atoms with E-state index in [1.165, 1.54) is 42.1 Å². The average molecular weight is 394 g/mol. The molecular weight excluding hydrogens is 375 g/mol. The van der Waals surface area contributed by atoms with Crippen LogP contribution in [0.3, 0.4) is 0 Å². The number of rotatable bonds is 4. The number of carbonyl (C=O) groups excluding carboxylic acids is 1. The molecule has 144 valence electrons. The van der Waals surface area contributed by atoms with Crippen LogP contribution in [0, 0.1) is 12.7 Å². The molecule has 0 unspecified atom stereocenters. The summed E-state index contributed by atoms with van der Waals surface area (Å²) in [5, 5.41) is 2.60. The lowest BCUT2D eigenvalue weighted by Crippen LogP contribution is -2.45. The molecule has 1 fully saturated rings. The maximum Gasteiger partial charge on any atom is 0.268 e. The molecule has 0 radical (unpaired) electrons. The van der Waals surface area contributed by atoms with E-state index in [9.17, 15) is 22.4 Å². The summed E-state index contributed by atoms with van der Waals surface area (Å²) in [5.74, 6) is -1.53. The van der Waals surface area contributed by atoms with Crippen LogP contribution in [0.5, 0.6) is 0 Å². The minimum absolute atomic E-state index is 0.0963. The van der Waals surface area contributed by atoms with Gasteiger partial charge in [0.25, 0.3) is 11.5 Å². The first-order valence-corrected chi connectivity index (χ1v) is 10.1. The zero-order chi connectivity index (χ0) is 19.8. The van der Waals surface area contributed by atoms with Crippen LogP contribution >= 0.6 is 0 Å². The Bertz CT molecular complexity index is 1030. The molecule has 7 nitrogen and oxygen atoms in total. The lowest BCUT2D eigenvalue weighted by atomic mass is 10.1. The summed E-state index contributed by atoms with van der Waals surface area (Å²) in [6, 6.07) is 6.16. The lowest BCUT2D eigenvalue weighted by molar-refractivity contribution is 0.0784. The van der Waals surface area contributed by atoms with E-state index in [2.05, 4.69) is 5.32 Å². The topological polar surface area (TPSA) is 94.5 Å². The molecule has 0 saturated carbocycles. The van der Waals surface area contributed by atoms with Gasteiger partial charge < -0.3 is 10.1 Å². The smallest absolute Gasteiger partial charge is 0.268 e. The van der Waals surface area contributed by atoms with Crippen molar-refractivity contribution >= 4 is 15.7 Å². The minimum atomic E-state index is -3.32. The molecule has 2 heterocycles. The molecule has 1 aromatic heterocycles. The van der Waals surface area contributed by atoms with Gasteiger partial charge in [0, 0.05) is 19.0 Å². The summed E-state index contributed by atoms with van der Waals surface area (Å²) < 4.78 is 43.1. The number of benzene rings is 1. The monoisotopic (exact) mass is 394 g/mol. The van der Waals surface area contributed by atoms with E-state index in [0.717, 1.165) is 0 Å². The van der Waals surface area contributed by atoms with Gasteiger partial charge in [0.05, 0.1) is 23.7 Å². The van der Waals surface area contributed by atoms with Crippen LogP contribution in [0.25, 0.3) is 5.69 Å². The summed E-state index contributed by atoms with van der Waals surface area (Å²) >= 11 is 0. The second-order valence-corrected chi connectivity index (χ2v) is 8.61. The van der Waals surface area contributed by atoms with Gasteiger partial charge in [-0.3, -0.25) is 14.2 Å². The van der Waals surface area contributed by atoms with Crippen LogP contribution in [0.15, 0.2) is 41.3 Å². The largest absolute Gasteiger partial charge is 0.378 e. The maximum atomic E-state index is 13.1. The predicted octanol–water partition coefficient (Wildman–Crippen LogP) is 0.827. The molecule has 1 aromatic carbocycles. The van der Waals surface area contributed by atoms with Crippen LogP contribution in [-0.2, 0) is 14.6 Å². The molecule has 1 amide bonds. The summed E-state index contributed by atoms with van der Waals surface area (Å²) in [6.45, 7) is 1.62. The van der Waals surface area contributed by atoms with Crippen molar-refractivity contribution in [3.8, 4) is 5.69 Å². The summed E-state index contributed by atoms with van der Waals surface area (Å²) in [4.78, 5) is 25.5. The van der Waals surface area contributed by atoms with E-state index < -0.39 is 39.3 Å². The van der Waals surface area contributed by atoms with Crippen molar-refractivity contribution in [1.82, 2.24) is 9.88 Å². The van der Waals surface area contributed by atoms with Gasteiger partial charge in [-0.25, -0.2) is 12.8 Å². The number of pyridine rings is 1. The molecule has 9 heteroatoms. The van der Waals surface area contributed by atoms with Crippen LogP contribution in [0.2, 0.25) is 0 Å². The minimum Gasteiger partial charge on any atom is -0.378 e. The number of halogens is 1. The van der Waals surface area contributed by atoms with Crippen molar-refractivity contribution < 1.29 is 22.3 Å². The number of aromatic nitrogens is 1. The SMILES string of the molecule is CO[C@@H]1CS(=O)(=O)C[C@H]1NC(=O)c1c(C)ccn(-c2ccc(F)cc2)c1=O. The molecule has 1 N–H and O–H groups in total. The Balaban J connectivity index is 1.94. The van der Waals surface area contributed by atoms with E-state index in [0.29, 0.717) is 11.3 Å². The molecule has 1 aliphatic heterocycles. The van der Waals surface area contributed by atoms with Crippen LogP contribution in [0.4, 0.5) is 4.39 Å². The van der Waals surface area contributed by atoms with Gasteiger partial charge in [-0.15, -0.1) is 0 Å². The van der Waals surface area contributed by atoms with Gasteiger partial charge in [0.1, 0.15) is 11.4 Å². The lowest BCUT2D eigenvalue weighted by Gasteiger charge is -2.19. The quantitative estimate of drug-likeness (QED) is 0.829. The maximum absolute atomic E-state index is 13.1. The van der Waals surface area contributed by atoms with Gasteiger partial charge in [0.15, 0.2) is 9.84 Å². The first-order valence-electron chi connectivity index (χ1n) is 8.24. The second-order valence-electron chi connectivity index (χ2n) is 6.46. The number of hydrogen-bond donors (Lipinski definition) is 1. The number of carbonyl (C=O) groups is 1. The van der Waals surface area contributed by atoms with Crippen molar-refractivity contribution in [2.45, 2.75) is 19.1 Å². The number of aryl methyl sites for hydroxylation is 1. The number of ether oxygens (including phenoxy) is 1. The Labute approximate surface area is 155 Å². The highest BCUT2D eigenvalue weighted by Crippen LogP contribution is 2.16. The average Bonchev–Trinajstić information content (AvgIpc) is 2.89. The van der Waals surface area contributed by atoms with Gasteiger partial charge in [-0.2, -0.15) is 0 Å². The van der Waals surface area contributed by atoms with E-state index in [1.54, 1.807) is 13.0 Å². The first kappa shape index (κ1) is 19.2. The third-order valence-electron chi connectivity index (χ3n) is 4.55. The fraction of sp³-hybridized carbons (Fsp3) is 0.333. The Morgan fingerprint density at radius 3 is 2.52 bits per heavy atom. The highest BCUT2D eigenvalue weighted by Gasteiger charge is 2.39. The van der Waals surface area contributed by atoms with Crippen molar-refractivity contribution in [3.05, 3.63) is 63.8 Å². The van der Waals surface area contributed by atoms with Gasteiger partial charge in [-0.1, -0.05) is 0 Å². The molecule has 2 atom stereocenters. The molecule has 1 saturated heterocycles. The van der Waals surface area contributed by atoms with Crippen molar-refractivity contribution in [1.29, 1.82) is 0 Å². The zero-order valence-corrected chi connectivity index (χ0v) is 15.6. The van der Waals surface area contributed by atoms with Crippen molar-refractivity contribution in [2.75, 3.05) is 18.6 Å². The van der Waals surface area contributed by atoms with E-state index in [-0.39, 0.29) is 17.1 Å². The molecule has 3 rings (SSSR count). The first-order chi connectivity index (χ1) is 12.7. The highest BCUT2D eigenvalue weighted by molar-refractivity contribution is 7.91. The van der Waals surface area contributed by atoms with Crippen LogP contribution < -0.4 is 10.9 Å². The molecular formula is C18H19FN2O5S. The van der Waals surface area contributed by atoms with E-state index in [4.69, 9.17) is 4.74 Å². The number of amides is 1. The molecule has 1 aliphatic rings. The van der Waals surface area contributed by atoms with Gasteiger partial charge >= 0.3 is 0 Å². The number of sulfone groups is 1. The number of nitrogens with zero attached hydrogens (tertiary/aromatic N) is 1. The van der Waals surface area contributed by atoms with Crippen LogP contribution in [0.1, 0.15) is 15.9 Å². The Kier molecular flexibility index (Phi) is 5.16. The molecule has 27 heavy (non-hydrogen) atoms. The number of nitrogens with one attached hydrogen (secondary N) is 1. The summed E-state index contributed by atoms with van der Waals surface area (Å²) in [6.07, 6.45) is 0.835. The fourth-order valence-electron chi connectivity index (χ4n) is 3.13. The van der Waals surface area contributed by atoms with Crippen LogP contribution in [-0.4, -0.2) is 49.7 Å². The molecule has 0 bridgehead atoms. The number of hydrogen-bond acceptors (Lipinski definition) is 5. The van der Waals surface area contributed by atoms with Gasteiger partial charge in [-0.05, 0) is 42.8 Å². The summed E-state index contributed by atoms with van der Waals surface area (Å²) in [5.41, 5.74) is 0.189. The molecule has 0 aliphatic carbocycles. The molecule has 2 aromatic rings. The van der Waals surface area contributed by atoms with Crippen molar-refractivity contribution in [2.24, 2.45) is 0 Å². The normalized spacial score (nSPS) is 21.1. The zero-order valence-electron chi connectivity index (χ0n) is 14.8. The fourth-order valence-corrected chi connectivity index (χ4v) is 4.98. The number of methoxy groups -OCH3 is 1. The third-order valence-corrected chi connectivity index (χ3v) is 6.26. The Hall–Kier alpha value is -2.52. The van der Waals surface area contributed by atoms with E-state index in [1.807, 2.05) is 0 Å².